The van der Waals surface area contributed by atoms with Crippen LogP contribution in [0.5, 0.6) is 0 Å². The fourth-order valence-corrected chi connectivity index (χ4v) is 1.65. The second kappa shape index (κ2) is 6.38. The van der Waals surface area contributed by atoms with Gasteiger partial charge in [-0.05, 0) is 38.8 Å². The van der Waals surface area contributed by atoms with E-state index in [1.54, 1.807) is 13.1 Å². The maximum atomic E-state index is 11.7. The fourth-order valence-electron chi connectivity index (χ4n) is 1.65. The average Bonchev–Trinajstić information content (AvgIpc) is 2.37. The van der Waals surface area contributed by atoms with E-state index in [1.807, 2.05) is 13.1 Å². The first-order valence-corrected chi connectivity index (χ1v) is 6.40. The zero-order valence-corrected chi connectivity index (χ0v) is 11.9. The smallest absolute Gasteiger partial charge is 0.339 e. The molecule has 0 aliphatic carbocycles. The predicted octanol–water partition coefficient (Wildman–Crippen LogP) is 2.67. The van der Waals surface area contributed by atoms with Crippen molar-refractivity contribution in [2.45, 2.75) is 40.2 Å². The Kier molecular flexibility index (Phi) is 5.13. The van der Waals surface area contributed by atoms with Crippen LogP contribution in [0.15, 0.2) is 12.3 Å². The van der Waals surface area contributed by atoms with E-state index >= 15 is 0 Å². The highest BCUT2D eigenvalue weighted by Gasteiger charge is 2.14. The van der Waals surface area contributed by atoms with Crippen LogP contribution in [0.2, 0.25) is 0 Å². The van der Waals surface area contributed by atoms with Gasteiger partial charge >= 0.3 is 5.97 Å². The minimum absolute atomic E-state index is 0.307. The van der Waals surface area contributed by atoms with Crippen LogP contribution in [0.25, 0.3) is 0 Å². The van der Waals surface area contributed by atoms with Crippen molar-refractivity contribution in [3.05, 3.63) is 23.4 Å². The summed E-state index contributed by atoms with van der Waals surface area (Å²) in [6.07, 6.45) is 2.43. The molecular formula is C14H22N2O2. The van der Waals surface area contributed by atoms with Crippen molar-refractivity contribution in [2.24, 2.45) is 0 Å². The first-order chi connectivity index (χ1) is 8.51. The summed E-state index contributed by atoms with van der Waals surface area (Å²) in [5.41, 5.74) is 1.59. The van der Waals surface area contributed by atoms with Gasteiger partial charge in [0.2, 0.25) is 0 Å². The fraction of sp³-hybridized carbons (Fsp3) is 0.571. The zero-order valence-electron chi connectivity index (χ0n) is 11.9. The molecule has 0 aliphatic heterocycles. The Bertz CT molecular complexity index is 416. The molecule has 4 nitrogen and oxygen atoms in total. The highest BCUT2D eigenvalue weighted by atomic mass is 16.5. The molecule has 4 heteroatoms. The Morgan fingerprint density at radius 3 is 2.61 bits per heavy atom. The number of esters is 1. The molecule has 1 aromatic rings. The normalized spacial score (nSPS) is 10.6. The molecule has 0 saturated heterocycles. The lowest BCUT2D eigenvalue weighted by molar-refractivity contribution is 0.0526. The van der Waals surface area contributed by atoms with Crippen molar-refractivity contribution in [3.8, 4) is 0 Å². The van der Waals surface area contributed by atoms with Crippen molar-refractivity contribution in [1.82, 2.24) is 4.98 Å². The number of carbonyl (C=O) groups is 1. The van der Waals surface area contributed by atoms with Gasteiger partial charge in [-0.2, -0.15) is 0 Å². The summed E-state index contributed by atoms with van der Waals surface area (Å²) < 4.78 is 4.98. The number of hydrogen-bond acceptors (Lipinski definition) is 4. The molecule has 0 fully saturated rings. The molecule has 0 aromatic carbocycles. The van der Waals surface area contributed by atoms with E-state index in [0.29, 0.717) is 18.2 Å². The van der Waals surface area contributed by atoms with Crippen molar-refractivity contribution in [3.63, 3.8) is 0 Å². The number of carbonyl (C=O) groups excluding carboxylic acids is 1. The van der Waals surface area contributed by atoms with Gasteiger partial charge in [-0.25, -0.2) is 9.78 Å². The molecule has 0 saturated carbocycles. The number of anilines is 1. The number of hydrogen-bond donors (Lipinski definition) is 0. The van der Waals surface area contributed by atoms with Crippen molar-refractivity contribution < 1.29 is 9.53 Å². The molecule has 100 valence electrons. The van der Waals surface area contributed by atoms with Gasteiger partial charge in [0.15, 0.2) is 0 Å². The highest BCUT2D eigenvalue weighted by molar-refractivity contribution is 5.89. The van der Waals surface area contributed by atoms with Crippen LogP contribution in [0.4, 0.5) is 5.82 Å². The lowest BCUT2D eigenvalue weighted by atomic mass is 10.1. The summed E-state index contributed by atoms with van der Waals surface area (Å²) in [4.78, 5) is 18.2. The van der Waals surface area contributed by atoms with Crippen LogP contribution >= 0.6 is 0 Å². The summed E-state index contributed by atoms with van der Waals surface area (Å²) in [6, 6.07) is 2.25. The molecule has 0 atom stereocenters. The SMILES string of the molecule is CCOC(=O)c1cnc(N(C)C(C)C)c(CC)c1. The minimum Gasteiger partial charge on any atom is -0.462 e. The molecule has 18 heavy (non-hydrogen) atoms. The van der Waals surface area contributed by atoms with Gasteiger partial charge in [-0.15, -0.1) is 0 Å². The second-order valence-electron chi connectivity index (χ2n) is 4.49. The Morgan fingerprint density at radius 2 is 2.11 bits per heavy atom. The van der Waals surface area contributed by atoms with E-state index in [4.69, 9.17) is 4.74 Å². The average molecular weight is 250 g/mol. The van der Waals surface area contributed by atoms with Gasteiger partial charge in [0, 0.05) is 19.3 Å². The second-order valence-corrected chi connectivity index (χ2v) is 4.49. The van der Waals surface area contributed by atoms with Crippen LogP contribution in [0.3, 0.4) is 0 Å². The monoisotopic (exact) mass is 250 g/mol. The number of aryl methyl sites for hydroxylation is 1. The van der Waals surface area contributed by atoms with E-state index in [2.05, 4.69) is 30.7 Å². The van der Waals surface area contributed by atoms with E-state index in [-0.39, 0.29) is 5.97 Å². The minimum atomic E-state index is -0.307. The van der Waals surface area contributed by atoms with Crippen molar-refractivity contribution in [1.29, 1.82) is 0 Å². The summed E-state index contributed by atoms with van der Waals surface area (Å²) in [6.45, 7) is 8.46. The third kappa shape index (κ3) is 3.22. The third-order valence-corrected chi connectivity index (χ3v) is 2.94. The van der Waals surface area contributed by atoms with Crippen LogP contribution in [0, 0.1) is 0 Å². The lowest BCUT2D eigenvalue weighted by Gasteiger charge is -2.25. The molecule has 0 N–H and O–H groups in total. The molecule has 0 radical (unpaired) electrons. The van der Waals surface area contributed by atoms with Gasteiger partial charge in [-0.1, -0.05) is 6.92 Å². The standard InChI is InChI=1S/C14H22N2O2/c1-6-11-8-12(14(17)18-7-2)9-15-13(11)16(5)10(3)4/h8-10H,6-7H2,1-5H3. The van der Waals surface area contributed by atoms with E-state index in [1.165, 1.54) is 0 Å². The third-order valence-electron chi connectivity index (χ3n) is 2.94. The quantitative estimate of drug-likeness (QED) is 0.753. The number of pyridine rings is 1. The predicted molar refractivity (Wildman–Crippen MR) is 73.1 cm³/mol. The molecule has 0 unspecified atom stereocenters. The molecular weight excluding hydrogens is 228 g/mol. The van der Waals surface area contributed by atoms with Crippen LogP contribution in [-0.4, -0.2) is 30.6 Å². The largest absolute Gasteiger partial charge is 0.462 e. The Morgan fingerprint density at radius 1 is 1.44 bits per heavy atom. The molecule has 0 amide bonds. The first kappa shape index (κ1) is 14.5. The molecule has 1 rings (SSSR count). The molecule has 1 aromatic heterocycles. The van der Waals surface area contributed by atoms with Crippen LogP contribution < -0.4 is 4.90 Å². The van der Waals surface area contributed by atoms with Crippen LogP contribution in [-0.2, 0) is 11.2 Å². The first-order valence-electron chi connectivity index (χ1n) is 6.40. The van der Waals surface area contributed by atoms with Gasteiger partial charge in [-0.3, -0.25) is 0 Å². The van der Waals surface area contributed by atoms with Gasteiger partial charge < -0.3 is 9.64 Å². The Balaban J connectivity index is 3.07. The molecule has 1 heterocycles. The summed E-state index contributed by atoms with van der Waals surface area (Å²) in [5.74, 6) is 0.624. The number of nitrogens with zero attached hydrogens (tertiary/aromatic N) is 2. The Hall–Kier alpha value is -1.58. The van der Waals surface area contributed by atoms with Gasteiger partial charge in [0.1, 0.15) is 5.82 Å². The van der Waals surface area contributed by atoms with E-state index in [0.717, 1.165) is 17.8 Å². The number of rotatable bonds is 5. The molecule has 0 bridgehead atoms. The topological polar surface area (TPSA) is 42.4 Å². The lowest BCUT2D eigenvalue weighted by Crippen LogP contribution is -2.27. The molecule has 0 spiro atoms. The van der Waals surface area contributed by atoms with Gasteiger partial charge in [0.25, 0.3) is 0 Å². The van der Waals surface area contributed by atoms with Crippen molar-refractivity contribution in [2.75, 3.05) is 18.6 Å². The number of ether oxygens (including phenoxy) is 1. The summed E-state index contributed by atoms with van der Waals surface area (Å²) in [7, 11) is 2.01. The molecule has 0 aliphatic rings. The van der Waals surface area contributed by atoms with Crippen molar-refractivity contribution >= 4 is 11.8 Å². The number of aromatic nitrogens is 1. The summed E-state index contributed by atoms with van der Waals surface area (Å²) >= 11 is 0. The van der Waals surface area contributed by atoms with Crippen LogP contribution in [0.1, 0.15) is 43.6 Å². The maximum absolute atomic E-state index is 11.7. The summed E-state index contributed by atoms with van der Waals surface area (Å²) in [5, 5.41) is 0. The van der Waals surface area contributed by atoms with E-state index in [9.17, 15) is 4.79 Å². The van der Waals surface area contributed by atoms with E-state index < -0.39 is 0 Å². The maximum Gasteiger partial charge on any atom is 0.339 e. The highest BCUT2D eigenvalue weighted by Crippen LogP contribution is 2.20. The Labute approximate surface area is 109 Å². The zero-order chi connectivity index (χ0) is 13.7. The van der Waals surface area contributed by atoms with Gasteiger partial charge in [0.05, 0.1) is 12.2 Å².